The SMILES string of the molecule is CC[C@H]1CCCCN1C(=O)Cn1c(=O)n(Cc2ccc3c(c2)OCO3)c(=O)c2sccc21. The van der Waals surface area contributed by atoms with Crippen LogP contribution in [0.5, 0.6) is 11.5 Å². The van der Waals surface area contributed by atoms with Crippen LogP contribution in [0.15, 0.2) is 39.2 Å². The highest BCUT2D eigenvalue weighted by Gasteiger charge is 2.27. The van der Waals surface area contributed by atoms with Crippen LogP contribution in [-0.2, 0) is 17.9 Å². The largest absolute Gasteiger partial charge is 0.454 e. The van der Waals surface area contributed by atoms with Crippen LogP contribution >= 0.6 is 11.3 Å². The normalized spacial score (nSPS) is 17.8. The Morgan fingerprint density at radius 1 is 1.12 bits per heavy atom. The molecule has 2 aliphatic heterocycles. The third kappa shape index (κ3) is 3.60. The minimum Gasteiger partial charge on any atom is -0.454 e. The molecule has 1 fully saturated rings. The summed E-state index contributed by atoms with van der Waals surface area (Å²) in [6.45, 7) is 2.99. The average Bonchev–Trinajstić information content (AvgIpc) is 3.48. The summed E-state index contributed by atoms with van der Waals surface area (Å²) in [6, 6.07) is 7.32. The molecule has 32 heavy (non-hydrogen) atoms. The highest BCUT2D eigenvalue weighted by molar-refractivity contribution is 7.17. The van der Waals surface area contributed by atoms with Crippen LogP contribution < -0.4 is 20.7 Å². The van der Waals surface area contributed by atoms with Crippen molar-refractivity contribution in [2.75, 3.05) is 13.3 Å². The van der Waals surface area contributed by atoms with Crippen LogP contribution in [0.1, 0.15) is 38.2 Å². The molecule has 1 saturated heterocycles. The van der Waals surface area contributed by atoms with E-state index in [1.807, 2.05) is 11.0 Å². The van der Waals surface area contributed by atoms with Crippen molar-refractivity contribution in [1.29, 1.82) is 0 Å². The minimum atomic E-state index is -0.475. The van der Waals surface area contributed by atoms with Crippen molar-refractivity contribution in [3.8, 4) is 11.5 Å². The first-order chi connectivity index (χ1) is 15.6. The maximum Gasteiger partial charge on any atom is 0.332 e. The van der Waals surface area contributed by atoms with Gasteiger partial charge in [-0.3, -0.25) is 18.7 Å². The molecule has 0 radical (unpaired) electrons. The molecular weight excluding hydrogens is 430 g/mol. The lowest BCUT2D eigenvalue weighted by Gasteiger charge is -2.35. The molecule has 5 rings (SSSR count). The van der Waals surface area contributed by atoms with Crippen molar-refractivity contribution >= 4 is 27.5 Å². The van der Waals surface area contributed by atoms with Gasteiger partial charge in [0.25, 0.3) is 5.56 Å². The number of benzene rings is 1. The van der Waals surface area contributed by atoms with E-state index in [0.29, 0.717) is 21.7 Å². The van der Waals surface area contributed by atoms with Crippen LogP contribution in [0.3, 0.4) is 0 Å². The molecule has 168 valence electrons. The van der Waals surface area contributed by atoms with Crippen LogP contribution in [0.2, 0.25) is 0 Å². The summed E-state index contributed by atoms with van der Waals surface area (Å²) in [5.41, 5.74) is 0.456. The lowest BCUT2D eigenvalue weighted by atomic mass is 10.00. The molecule has 2 aliphatic rings. The van der Waals surface area contributed by atoms with Crippen LogP contribution in [-0.4, -0.2) is 39.3 Å². The molecule has 0 N–H and O–H groups in total. The average molecular weight is 456 g/mol. The number of hydrogen-bond donors (Lipinski definition) is 0. The molecule has 1 amide bonds. The highest BCUT2D eigenvalue weighted by Crippen LogP contribution is 2.32. The van der Waals surface area contributed by atoms with Gasteiger partial charge >= 0.3 is 5.69 Å². The Labute approximate surface area is 188 Å². The lowest BCUT2D eigenvalue weighted by Crippen LogP contribution is -2.47. The number of amides is 1. The number of ether oxygens (including phenoxy) is 2. The first kappa shape index (κ1) is 20.8. The molecule has 4 heterocycles. The Morgan fingerprint density at radius 2 is 1.97 bits per heavy atom. The number of carbonyl (C=O) groups is 1. The van der Waals surface area contributed by atoms with Crippen molar-refractivity contribution in [2.24, 2.45) is 0 Å². The van der Waals surface area contributed by atoms with E-state index in [1.54, 1.807) is 23.6 Å². The molecule has 0 bridgehead atoms. The van der Waals surface area contributed by atoms with Gasteiger partial charge in [-0.05, 0) is 54.8 Å². The maximum absolute atomic E-state index is 13.4. The number of thiophene rings is 1. The van der Waals surface area contributed by atoms with Gasteiger partial charge in [0.05, 0.1) is 12.1 Å². The Morgan fingerprint density at radius 3 is 2.81 bits per heavy atom. The number of hydrogen-bond acceptors (Lipinski definition) is 6. The Bertz CT molecular complexity index is 1290. The van der Waals surface area contributed by atoms with Gasteiger partial charge < -0.3 is 14.4 Å². The highest BCUT2D eigenvalue weighted by atomic mass is 32.1. The van der Waals surface area contributed by atoms with E-state index >= 15 is 0 Å². The minimum absolute atomic E-state index is 0.0655. The van der Waals surface area contributed by atoms with Gasteiger partial charge in [0.1, 0.15) is 11.2 Å². The molecule has 0 unspecified atom stereocenters. The monoisotopic (exact) mass is 455 g/mol. The summed E-state index contributed by atoms with van der Waals surface area (Å²) in [6.07, 6.45) is 4.00. The smallest absolute Gasteiger partial charge is 0.332 e. The van der Waals surface area contributed by atoms with Crippen molar-refractivity contribution in [3.05, 3.63) is 56.0 Å². The van der Waals surface area contributed by atoms with E-state index in [4.69, 9.17) is 9.47 Å². The maximum atomic E-state index is 13.4. The van der Waals surface area contributed by atoms with Gasteiger partial charge in [-0.1, -0.05) is 13.0 Å². The molecule has 3 aromatic rings. The van der Waals surface area contributed by atoms with Gasteiger partial charge in [0, 0.05) is 12.6 Å². The Hall–Kier alpha value is -3.07. The molecular formula is C23H25N3O5S. The van der Waals surface area contributed by atoms with Crippen LogP contribution in [0.4, 0.5) is 0 Å². The molecule has 2 aromatic heterocycles. The van der Waals surface area contributed by atoms with Crippen LogP contribution in [0, 0.1) is 0 Å². The molecule has 8 nitrogen and oxygen atoms in total. The summed E-state index contributed by atoms with van der Waals surface area (Å²) in [5.74, 6) is 1.17. The molecule has 9 heteroatoms. The van der Waals surface area contributed by atoms with Gasteiger partial charge in [0.2, 0.25) is 12.7 Å². The summed E-state index contributed by atoms with van der Waals surface area (Å²) in [5, 5.41) is 1.78. The third-order valence-corrected chi connectivity index (χ3v) is 7.22. The fourth-order valence-electron chi connectivity index (χ4n) is 4.63. The van der Waals surface area contributed by atoms with Gasteiger partial charge in [-0.25, -0.2) is 4.79 Å². The number of nitrogens with zero attached hydrogens (tertiary/aromatic N) is 3. The Balaban J connectivity index is 1.52. The number of rotatable bonds is 5. The third-order valence-electron chi connectivity index (χ3n) is 6.33. The fourth-order valence-corrected chi connectivity index (χ4v) is 5.47. The van der Waals surface area contributed by atoms with Crippen molar-refractivity contribution in [3.63, 3.8) is 0 Å². The van der Waals surface area contributed by atoms with Crippen LogP contribution in [0.25, 0.3) is 10.2 Å². The molecule has 0 saturated carbocycles. The molecule has 1 aromatic carbocycles. The van der Waals surface area contributed by atoms with E-state index in [9.17, 15) is 14.4 Å². The quantitative estimate of drug-likeness (QED) is 0.591. The molecule has 0 spiro atoms. The van der Waals surface area contributed by atoms with Crippen molar-refractivity contribution < 1.29 is 14.3 Å². The summed E-state index contributed by atoms with van der Waals surface area (Å²) in [4.78, 5) is 41.6. The standard InChI is InChI=1S/C23H25N3O5S/c1-2-16-5-3-4-9-24(16)20(27)13-25-17-8-10-32-21(17)22(28)26(23(25)29)12-15-6-7-18-19(11-15)31-14-30-18/h6-8,10-11,16H,2-5,9,12-14H2,1H3/t16-/m0/s1. The summed E-state index contributed by atoms with van der Waals surface area (Å²) in [7, 11) is 0. The number of fused-ring (bicyclic) bond motifs is 2. The van der Waals surface area contributed by atoms with E-state index in [-0.39, 0.29) is 37.4 Å². The topological polar surface area (TPSA) is 82.8 Å². The second-order valence-electron chi connectivity index (χ2n) is 8.23. The van der Waals surface area contributed by atoms with Gasteiger partial charge in [-0.15, -0.1) is 11.3 Å². The Kier molecular flexibility index (Phi) is 5.50. The van der Waals surface area contributed by atoms with E-state index in [2.05, 4.69) is 6.92 Å². The number of carbonyl (C=O) groups excluding carboxylic acids is 1. The lowest BCUT2D eigenvalue weighted by molar-refractivity contribution is -0.135. The zero-order valence-electron chi connectivity index (χ0n) is 17.9. The predicted molar refractivity (Wildman–Crippen MR) is 122 cm³/mol. The van der Waals surface area contributed by atoms with E-state index in [1.165, 1.54) is 20.5 Å². The van der Waals surface area contributed by atoms with E-state index < -0.39 is 5.69 Å². The van der Waals surface area contributed by atoms with Crippen molar-refractivity contribution in [1.82, 2.24) is 14.0 Å². The molecule has 0 aliphatic carbocycles. The molecule has 1 atom stereocenters. The number of piperidine rings is 1. The second kappa shape index (κ2) is 8.46. The number of aromatic nitrogens is 2. The summed E-state index contributed by atoms with van der Waals surface area (Å²) < 4.78 is 13.9. The van der Waals surface area contributed by atoms with Gasteiger partial charge in [-0.2, -0.15) is 0 Å². The zero-order chi connectivity index (χ0) is 22.2. The first-order valence-electron chi connectivity index (χ1n) is 11.0. The van der Waals surface area contributed by atoms with E-state index in [0.717, 1.165) is 37.8 Å². The number of likely N-dealkylation sites (tertiary alicyclic amines) is 1. The first-order valence-corrected chi connectivity index (χ1v) is 11.8. The second-order valence-corrected chi connectivity index (χ2v) is 9.14. The van der Waals surface area contributed by atoms with Gasteiger partial charge in [0.15, 0.2) is 11.5 Å². The zero-order valence-corrected chi connectivity index (χ0v) is 18.7. The summed E-state index contributed by atoms with van der Waals surface area (Å²) >= 11 is 1.29. The predicted octanol–water partition coefficient (Wildman–Crippen LogP) is 2.79. The fraction of sp³-hybridized carbons (Fsp3) is 0.435. The van der Waals surface area contributed by atoms with Crippen molar-refractivity contribution in [2.45, 2.75) is 51.7 Å².